The van der Waals surface area contributed by atoms with E-state index in [2.05, 4.69) is 15.3 Å². The van der Waals surface area contributed by atoms with Crippen molar-refractivity contribution in [3.8, 4) is 17.2 Å². The van der Waals surface area contributed by atoms with Gasteiger partial charge in [0.15, 0.2) is 17.1 Å². The largest absolute Gasteiger partial charge is 0.493 e. The number of nitrogens with one attached hydrogen (secondary N) is 1. The molecule has 9 heteroatoms. The summed E-state index contributed by atoms with van der Waals surface area (Å²) >= 11 is 0. The van der Waals surface area contributed by atoms with Crippen molar-refractivity contribution in [2.24, 2.45) is 0 Å². The topological polar surface area (TPSA) is 91.8 Å². The number of rotatable bonds is 7. The minimum Gasteiger partial charge on any atom is -0.493 e. The minimum atomic E-state index is -0.475. The third kappa shape index (κ3) is 4.49. The second-order valence-corrected chi connectivity index (χ2v) is 6.13. The first kappa shape index (κ1) is 23.0. The van der Waals surface area contributed by atoms with Crippen LogP contribution in [0.4, 0.5) is 11.4 Å². The van der Waals surface area contributed by atoms with Crippen molar-refractivity contribution < 1.29 is 23.7 Å². The van der Waals surface area contributed by atoms with Gasteiger partial charge in [0.05, 0.1) is 33.6 Å². The van der Waals surface area contributed by atoms with E-state index in [9.17, 15) is 4.79 Å². The molecule has 0 aliphatic carbocycles. The monoisotopic (exact) mass is 433 g/mol. The summed E-state index contributed by atoms with van der Waals surface area (Å²) < 4.78 is 21.4. The Hall–Kier alpha value is -3.26. The lowest BCUT2D eigenvalue weighted by molar-refractivity contribution is 0.0527. The number of aromatic nitrogens is 2. The summed E-state index contributed by atoms with van der Waals surface area (Å²) in [5.41, 5.74) is 2.83. The lowest BCUT2D eigenvalue weighted by atomic mass is 10.1. The molecule has 0 aliphatic rings. The van der Waals surface area contributed by atoms with E-state index >= 15 is 0 Å². The van der Waals surface area contributed by atoms with Crippen molar-refractivity contribution in [2.45, 2.75) is 13.8 Å². The van der Waals surface area contributed by atoms with Crippen molar-refractivity contribution in [1.29, 1.82) is 0 Å². The number of methoxy groups -OCH3 is 3. The van der Waals surface area contributed by atoms with E-state index in [4.69, 9.17) is 18.9 Å². The smallest absolute Gasteiger partial charge is 0.341 e. The molecule has 30 heavy (non-hydrogen) atoms. The number of benzene rings is 1. The Morgan fingerprint density at radius 2 is 1.73 bits per heavy atom. The number of esters is 1. The Labute approximate surface area is 180 Å². The van der Waals surface area contributed by atoms with E-state index in [-0.39, 0.29) is 19.0 Å². The normalized spacial score (nSPS) is 10.2. The highest BCUT2D eigenvalue weighted by atomic mass is 35.5. The van der Waals surface area contributed by atoms with Gasteiger partial charge in [-0.2, -0.15) is 0 Å². The van der Waals surface area contributed by atoms with Gasteiger partial charge < -0.3 is 24.3 Å². The van der Waals surface area contributed by atoms with E-state index < -0.39 is 5.97 Å². The maximum absolute atomic E-state index is 12.5. The number of hydrogen-bond acceptors (Lipinski definition) is 8. The van der Waals surface area contributed by atoms with Gasteiger partial charge in [0, 0.05) is 35.1 Å². The molecule has 0 bridgehead atoms. The minimum absolute atomic E-state index is 0. The summed E-state index contributed by atoms with van der Waals surface area (Å²) in [4.78, 5) is 21.3. The fourth-order valence-corrected chi connectivity index (χ4v) is 2.97. The third-order valence-corrected chi connectivity index (χ3v) is 4.30. The average molecular weight is 434 g/mol. The number of ether oxygens (including phenoxy) is 4. The Balaban J connectivity index is 0.00000320. The molecule has 0 amide bonds. The van der Waals surface area contributed by atoms with Crippen LogP contribution in [0.3, 0.4) is 0 Å². The van der Waals surface area contributed by atoms with E-state index in [0.29, 0.717) is 45.2 Å². The van der Waals surface area contributed by atoms with Crippen LogP contribution in [0.1, 0.15) is 23.0 Å². The molecule has 2 aromatic heterocycles. The van der Waals surface area contributed by atoms with E-state index in [1.54, 1.807) is 33.3 Å². The van der Waals surface area contributed by atoms with Crippen LogP contribution < -0.4 is 19.5 Å². The van der Waals surface area contributed by atoms with Crippen molar-refractivity contribution in [3.05, 3.63) is 41.7 Å². The second kappa shape index (κ2) is 9.98. The molecule has 8 nitrogen and oxygen atoms in total. The summed E-state index contributed by atoms with van der Waals surface area (Å²) in [7, 11) is 4.62. The van der Waals surface area contributed by atoms with Gasteiger partial charge in [0.1, 0.15) is 5.56 Å². The predicted molar refractivity (Wildman–Crippen MR) is 117 cm³/mol. The molecule has 0 radical (unpaired) electrons. The summed E-state index contributed by atoms with van der Waals surface area (Å²) in [6, 6.07) is 7.24. The first-order valence-electron chi connectivity index (χ1n) is 9.02. The van der Waals surface area contributed by atoms with Gasteiger partial charge in [-0.1, -0.05) is 0 Å². The molecule has 0 unspecified atom stereocenters. The van der Waals surface area contributed by atoms with Crippen LogP contribution in [0.25, 0.3) is 11.0 Å². The molecule has 0 aliphatic heterocycles. The summed E-state index contributed by atoms with van der Waals surface area (Å²) in [6.45, 7) is 3.89. The van der Waals surface area contributed by atoms with Gasteiger partial charge in [0.2, 0.25) is 5.75 Å². The number of carbonyl (C=O) groups excluding carboxylic acids is 1. The van der Waals surface area contributed by atoms with E-state index in [0.717, 1.165) is 5.69 Å². The molecule has 0 spiro atoms. The fraction of sp³-hybridized carbons (Fsp3) is 0.286. The quantitative estimate of drug-likeness (QED) is 0.551. The molecule has 2 heterocycles. The number of aryl methyl sites for hydroxylation is 1. The van der Waals surface area contributed by atoms with Gasteiger partial charge in [0.25, 0.3) is 0 Å². The fourth-order valence-electron chi connectivity index (χ4n) is 2.97. The second-order valence-electron chi connectivity index (χ2n) is 6.13. The van der Waals surface area contributed by atoms with Gasteiger partial charge in [-0.25, -0.2) is 14.8 Å². The maximum Gasteiger partial charge on any atom is 0.341 e. The molecule has 160 valence electrons. The lowest BCUT2D eigenvalue weighted by Crippen LogP contribution is -2.10. The zero-order chi connectivity index (χ0) is 21.0. The number of pyridine rings is 2. The highest BCUT2D eigenvalue weighted by molar-refractivity contribution is 6.05. The highest BCUT2D eigenvalue weighted by Crippen LogP contribution is 2.41. The molecule has 3 aromatic rings. The highest BCUT2D eigenvalue weighted by Gasteiger charge is 2.19. The number of nitrogens with zero attached hydrogens (tertiary/aromatic N) is 2. The molecule has 1 N–H and O–H groups in total. The van der Waals surface area contributed by atoms with Crippen LogP contribution in [-0.4, -0.2) is 43.9 Å². The van der Waals surface area contributed by atoms with Crippen molar-refractivity contribution in [2.75, 3.05) is 33.3 Å². The zero-order valence-electron chi connectivity index (χ0n) is 17.4. The Kier molecular flexibility index (Phi) is 7.66. The standard InChI is InChI=1S/C21H23N3O5.ClH/c1-6-29-21(25)15-11-22-20-14(8-7-12(2)23-20)18(15)24-13-9-16(26-3)19(28-5)17(10-13)27-4;/h7-11H,6H2,1-5H3,(H,22,23,24);1H. The third-order valence-electron chi connectivity index (χ3n) is 4.30. The zero-order valence-corrected chi connectivity index (χ0v) is 18.3. The van der Waals surface area contributed by atoms with E-state index in [1.807, 2.05) is 19.1 Å². The van der Waals surface area contributed by atoms with Crippen molar-refractivity contribution in [3.63, 3.8) is 0 Å². The van der Waals surface area contributed by atoms with E-state index in [1.165, 1.54) is 13.3 Å². The summed E-state index contributed by atoms with van der Waals surface area (Å²) in [5.74, 6) is 0.971. The van der Waals surface area contributed by atoms with Crippen LogP contribution in [0.15, 0.2) is 30.5 Å². The SMILES string of the molecule is CCOC(=O)c1cnc2nc(C)ccc2c1Nc1cc(OC)c(OC)c(OC)c1.Cl. The molecule has 1 aromatic carbocycles. The molecule has 0 fully saturated rings. The van der Waals surface area contributed by atoms with Crippen LogP contribution in [0.2, 0.25) is 0 Å². The number of halogens is 1. The van der Waals surface area contributed by atoms with Gasteiger partial charge in [-0.05, 0) is 26.0 Å². The molecule has 3 rings (SSSR count). The van der Waals surface area contributed by atoms with Crippen LogP contribution in [0.5, 0.6) is 17.2 Å². The Morgan fingerprint density at radius 1 is 1.07 bits per heavy atom. The van der Waals surface area contributed by atoms with Crippen LogP contribution in [0, 0.1) is 6.92 Å². The lowest BCUT2D eigenvalue weighted by Gasteiger charge is -2.17. The Bertz CT molecular complexity index is 1030. The molecular formula is C21H24ClN3O5. The summed E-state index contributed by atoms with van der Waals surface area (Å²) in [6.07, 6.45) is 1.47. The predicted octanol–water partition coefficient (Wildman–Crippen LogP) is 4.31. The first-order valence-corrected chi connectivity index (χ1v) is 9.02. The van der Waals surface area contributed by atoms with Crippen LogP contribution in [-0.2, 0) is 4.74 Å². The van der Waals surface area contributed by atoms with Crippen molar-refractivity contribution in [1.82, 2.24) is 9.97 Å². The van der Waals surface area contributed by atoms with Gasteiger partial charge >= 0.3 is 5.97 Å². The number of hydrogen-bond donors (Lipinski definition) is 1. The maximum atomic E-state index is 12.5. The Morgan fingerprint density at radius 3 is 2.30 bits per heavy atom. The molecular weight excluding hydrogens is 410 g/mol. The number of anilines is 2. The molecule has 0 saturated heterocycles. The van der Waals surface area contributed by atoms with Gasteiger partial charge in [-0.3, -0.25) is 0 Å². The summed E-state index contributed by atoms with van der Waals surface area (Å²) in [5, 5.41) is 3.97. The first-order chi connectivity index (χ1) is 14.0. The number of fused-ring (bicyclic) bond motifs is 1. The van der Waals surface area contributed by atoms with Crippen LogP contribution >= 0.6 is 12.4 Å². The van der Waals surface area contributed by atoms with Crippen molar-refractivity contribution >= 4 is 40.8 Å². The molecule has 0 saturated carbocycles. The average Bonchev–Trinajstić information content (AvgIpc) is 2.72. The van der Waals surface area contributed by atoms with Gasteiger partial charge in [-0.15, -0.1) is 12.4 Å². The number of carbonyl (C=O) groups is 1. The molecule has 0 atom stereocenters.